The predicted octanol–water partition coefficient (Wildman–Crippen LogP) is 2.49. The van der Waals surface area contributed by atoms with Crippen LogP contribution in [0.4, 0.5) is 5.69 Å². The molecule has 0 aliphatic carbocycles. The van der Waals surface area contributed by atoms with E-state index in [9.17, 15) is 9.59 Å². The smallest absolute Gasteiger partial charge is 0.313 e. The van der Waals surface area contributed by atoms with E-state index in [4.69, 9.17) is 0 Å². The molecule has 0 bridgehead atoms. The fraction of sp³-hybridized carbons (Fsp3) is 0.250. The second-order valence-electron chi connectivity index (χ2n) is 7.71. The fourth-order valence-corrected chi connectivity index (χ4v) is 4.91. The van der Waals surface area contributed by atoms with Gasteiger partial charge in [0.2, 0.25) is 0 Å². The number of quaternary nitrogens is 1. The molecule has 0 spiro atoms. The van der Waals surface area contributed by atoms with E-state index in [-0.39, 0.29) is 6.04 Å². The van der Waals surface area contributed by atoms with Crippen LogP contribution in [0.15, 0.2) is 66.0 Å². The summed E-state index contributed by atoms with van der Waals surface area (Å²) >= 11 is 1.70. The number of carbonyl (C=O) groups excluding carboxylic acids is 2. The van der Waals surface area contributed by atoms with Gasteiger partial charge in [-0.05, 0) is 41.6 Å². The van der Waals surface area contributed by atoms with Crippen molar-refractivity contribution in [2.24, 2.45) is 0 Å². The molecule has 0 saturated heterocycles. The predicted molar refractivity (Wildman–Crippen MR) is 120 cm³/mol. The average Bonchev–Trinajstić information content (AvgIpc) is 3.28. The molecule has 30 heavy (non-hydrogen) atoms. The van der Waals surface area contributed by atoms with Crippen LogP contribution in [0.5, 0.6) is 0 Å². The molecule has 2 aromatic carbocycles. The van der Waals surface area contributed by atoms with Gasteiger partial charge in [0.15, 0.2) is 0 Å². The van der Waals surface area contributed by atoms with E-state index in [1.54, 1.807) is 17.4 Å². The zero-order valence-corrected chi connectivity index (χ0v) is 17.8. The standard InChI is InChI=1S/C24H25N3O2S/c1-17-6-4-9-20(14-17)26-24(29)23(28)25-15-21(22-10-5-13-30-22)27-12-11-18-7-2-3-8-19(18)16-27/h2-10,13-14,21H,11-12,15-16H2,1H3,(H,25,28)(H,26,29)/p+1/t21-/m0/s1. The first-order valence-electron chi connectivity index (χ1n) is 10.2. The van der Waals surface area contributed by atoms with Crippen molar-refractivity contribution in [1.82, 2.24) is 5.32 Å². The minimum absolute atomic E-state index is 0.120. The molecule has 0 radical (unpaired) electrons. The first-order chi connectivity index (χ1) is 14.6. The number of anilines is 1. The second-order valence-corrected chi connectivity index (χ2v) is 8.68. The third kappa shape index (κ3) is 4.78. The summed E-state index contributed by atoms with van der Waals surface area (Å²) in [7, 11) is 0. The van der Waals surface area contributed by atoms with Crippen LogP contribution < -0.4 is 15.5 Å². The summed E-state index contributed by atoms with van der Waals surface area (Å²) in [6.45, 7) is 4.30. The summed E-state index contributed by atoms with van der Waals surface area (Å²) in [4.78, 5) is 27.4. The highest BCUT2D eigenvalue weighted by atomic mass is 32.1. The number of nitrogens with one attached hydrogen (secondary N) is 3. The lowest BCUT2D eigenvalue weighted by atomic mass is 9.98. The van der Waals surface area contributed by atoms with Gasteiger partial charge in [0.05, 0.1) is 18.0 Å². The fourth-order valence-electron chi connectivity index (χ4n) is 4.02. The number of amides is 2. The van der Waals surface area contributed by atoms with Crippen LogP contribution in [0.25, 0.3) is 0 Å². The molecular formula is C24H26N3O2S+. The van der Waals surface area contributed by atoms with E-state index in [0.29, 0.717) is 12.2 Å². The van der Waals surface area contributed by atoms with Crippen LogP contribution in [0.1, 0.15) is 27.6 Å². The number of hydrogen-bond donors (Lipinski definition) is 3. The highest BCUT2D eigenvalue weighted by Gasteiger charge is 2.30. The van der Waals surface area contributed by atoms with E-state index >= 15 is 0 Å². The summed E-state index contributed by atoms with van der Waals surface area (Å²) in [6, 6.07) is 20.3. The van der Waals surface area contributed by atoms with Gasteiger partial charge in [0.1, 0.15) is 12.6 Å². The van der Waals surface area contributed by atoms with E-state index in [2.05, 4.69) is 46.3 Å². The maximum atomic E-state index is 12.5. The van der Waals surface area contributed by atoms with Gasteiger partial charge in [0.25, 0.3) is 0 Å². The lowest BCUT2D eigenvalue weighted by Gasteiger charge is -2.32. The van der Waals surface area contributed by atoms with Crippen molar-refractivity contribution < 1.29 is 14.5 Å². The monoisotopic (exact) mass is 420 g/mol. The average molecular weight is 421 g/mol. The first-order valence-corrected chi connectivity index (χ1v) is 11.1. The third-order valence-corrected chi connectivity index (χ3v) is 6.57. The Kier molecular flexibility index (Phi) is 6.26. The molecule has 6 heteroatoms. The summed E-state index contributed by atoms with van der Waals surface area (Å²) in [5.41, 5.74) is 4.43. The van der Waals surface area contributed by atoms with E-state index in [1.165, 1.54) is 20.9 Å². The van der Waals surface area contributed by atoms with Crippen molar-refractivity contribution in [2.75, 3.05) is 18.4 Å². The van der Waals surface area contributed by atoms with Gasteiger partial charge in [-0.25, -0.2) is 0 Å². The van der Waals surface area contributed by atoms with E-state index < -0.39 is 11.8 Å². The Morgan fingerprint density at radius 2 is 1.87 bits per heavy atom. The lowest BCUT2D eigenvalue weighted by molar-refractivity contribution is -0.945. The molecule has 1 unspecified atom stereocenters. The zero-order chi connectivity index (χ0) is 20.9. The lowest BCUT2D eigenvalue weighted by Crippen LogP contribution is -3.12. The Morgan fingerprint density at radius 1 is 1.03 bits per heavy atom. The van der Waals surface area contributed by atoms with Gasteiger partial charge in [-0.2, -0.15) is 0 Å². The SMILES string of the molecule is Cc1cccc(NC(=O)C(=O)NC[C@@H](c2cccs2)[NH+]2CCc3ccccc3C2)c1. The molecule has 0 saturated carbocycles. The molecule has 2 heterocycles. The third-order valence-electron chi connectivity index (χ3n) is 5.58. The molecule has 5 nitrogen and oxygen atoms in total. The van der Waals surface area contributed by atoms with Crippen molar-refractivity contribution in [3.63, 3.8) is 0 Å². The van der Waals surface area contributed by atoms with Gasteiger partial charge in [-0.3, -0.25) is 9.59 Å². The van der Waals surface area contributed by atoms with Crippen LogP contribution in [-0.4, -0.2) is 24.9 Å². The number of rotatable bonds is 5. The van der Waals surface area contributed by atoms with Crippen molar-refractivity contribution >= 4 is 28.8 Å². The molecule has 1 aliphatic rings. The quantitative estimate of drug-likeness (QED) is 0.556. The maximum absolute atomic E-state index is 12.5. The van der Waals surface area contributed by atoms with Crippen molar-refractivity contribution in [1.29, 1.82) is 0 Å². The summed E-state index contributed by atoms with van der Waals surface area (Å²) in [5, 5.41) is 7.60. The summed E-state index contributed by atoms with van der Waals surface area (Å²) in [5.74, 6) is -1.24. The number of benzene rings is 2. The largest absolute Gasteiger partial charge is 0.341 e. The number of aryl methyl sites for hydroxylation is 1. The maximum Gasteiger partial charge on any atom is 0.313 e. The van der Waals surface area contributed by atoms with Gasteiger partial charge < -0.3 is 15.5 Å². The molecule has 1 aliphatic heterocycles. The number of hydrogen-bond acceptors (Lipinski definition) is 3. The van der Waals surface area contributed by atoms with Gasteiger partial charge >= 0.3 is 11.8 Å². The second kappa shape index (κ2) is 9.24. The van der Waals surface area contributed by atoms with Crippen LogP contribution in [-0.2, 0) is 22.6 Å². The number of carbonyl (C=O) groups is 2. The van der Waals surface area contributed by atoms with Crippen molar-refractivity contribution in [3.05, 3.63) is 87.6 Å². The summed E-state index contributed by atoms with van der Waals surface area (Å²) in [6.07, 6.45) is 1.02. The number of fused-ring (bicyclic) bond motifs is 1. The molecule has 154 valence electrons. The van der Waals surface area contributed by atoms with Crippen LogP contribution >= 0.6 is 11.3 Å². The van der Waals surface area contributed by atoms with Gasteiger partial charge in [-0.1, -0.05) is 42.5 Å². The minimum atomic E-state index is -0.635. The molecule has 4 rings (SSSR count). The van der Waals surface area contributed by atoms with Gasteiger partial charge in [0, 0.05) is 17.7 Å². The van der Waals surface area contributed by atoms with Crippen molar-refractivity contribution in [3.8, 4) is 0 Å². The molecular weight excluding hydrogens is 394 g/mol. The molecule has 2 atom stereocenters. The minimum Gasteiger partial charge on any atom is -0.341 e. The van der Waals surface area contributed by atoms with E-state index in [0.717, 1.165) is 25.1 Å². The number of thiophene rings is 1. The topological polar surface area (TPSA) is 62.6 Å². The first kappa shape index (κ1) is 20.3. The van der Waals surface area contributed by atoms with Crippen LogP contribution in [0.3, 0.4) is 0 Å². The molecule has 1 aromatic heterocycles. The van der Waals surface area contributed by atoms with Gasteiger partial charge in [-0.15, -0.1) is 11.3 Å². The molecule has 3 N–H and O–H groups in total. The highest BCUT2D eigenvalue weighted by Crippen LogP contribution is 2.19. The highest BCUT2D eigenvalue weighted by molar-refractivity contribution is 7.10. The van der Waals surface area contributed by atoms with Crippen LogP contribution in [0.2, 0.25) is 0 Å². The summed E-state index contributed by atoms with van der Waals surface area (Å²) < 4.78 is 0. The van der Waals surface area contributed by atoms with E-state index in [1.807, 2.05) is 31.2 Å². The van der Waals surface area contributed by atoms with Crippen molar-refractivity contribution in [2.45, 2.75) is 25.9 Å². The Labute approximate surface area is 180 Å². The normalized spacial score (nSPS) is 16.4. The Bertz CT molecular complexity index is 1030. The zero-order valence-electron chi connectivity index (χ0n) is 17.0. The molecule has 2 amide bonds. The molecule has 3 aromatic rings. The Morgan fingerprint density at radius 3 is 2.63 bits per heavy atom. The Hall–Kier alpha value is -2.96. The van der Waals surface area contributed by atoms with Crippen LogP contribution in [0, 0.1) is 6.92 Å². The molecule has 0 fully saturated rings. The Balaban J connectivity index is 1.42.